The topological polar surface area (TPSA) is 57.0 Å². The first-order chi connectivity index (χ1) is 14.2. The number of nitrogens with zero attached hydrogens (tertiary/aromatic N) is 3. The zero-order valence-electron chi connectivity index (χ0n) is 15.7. The molecule has 0 amide bonds. The SMILES string of the molecule is COC(=O)c1ccc2nc(-c3ccccc3)c(-n3ccc4ccccc43)nc2c1. The molecule has 0 unspecified atom stereocenters. The number of rotatable bonds is 3. The molecule has 0 aliphatic carbocycles. The third-order valence-corrected chi connectivity index (χ3v) is 4.94. The normalized spacial score (nSPS) is 11.1. The van der Waals surface area contributed by atoms with E-state index in [0.29, 0.717) is 16.9 Å². The number of fused-ring (bicyclic) bond motifs is 2. The number of ether oxygens (including phenoxy) is 1. The Morgan fingerprint density at radius 1 is 0.862 bits per heavy atom. The largest absolute Gasteiger partial charge is 0.465 e. The van der Waals surface area contributed by atoms with E-state index in [-0.39, 0.29) is 0 Å². The average molecular weight is 379 g/mol. The summed E-state index contributed by atoms with van der Waals surface area (Å²) in [6.07, 6.45) is 2.00. The lowest BCUT2D eigenvalue weighted by Crippen LogP contribution is -2.05. The van der Waals surface area contributed by atoms with Gasteiger partial charge in [0.25, 0.3) is 0 Å². The third-order valence-electron chi connectivity index (χ3n) is 4.94. The van der Waals surface area contributed by atoms with Crippen LogP contribution in [0.25, 0.3) is 39.0 Å². The number of aromatic nitrogens is 3. The van der Waals surface area contributed by atoms with Gasteiger partial charge in [-0.15, -0.1) is 0 Å². The fourth-order valence-electron chi connectivity index (χ4n) is 3.52. The minimum atomic E-state index is -0.395. The summed E-state index contributed by atoms with van der Waals surface area (Å²) in [6, 6.07) is 25.4. The Labute approximate surface area is 167 Å². The van der Waals surface area contributed by atoms with Gasteiger partial charge in [0.15, 0.2) is 5.82 Å². The van der Waals surface area contributed by atoms with Gasteiger partial charge < -0.3 is 4.74 Å². The first-order valence-electron chi connectivity index (χ1n) is 9.26. The Kier molecular flexibility index (Phi) is 4.06. The number of carbonyl (C=O) groups is 1. The molecule has 0 radical (unpaired) electrons. The molecule has 0 N–H and O–H groups in total. The molecule has 5 aromatic rings. The van der Waals surface area contributed by atoms with E-state index in [1.807, 2.05) is 53.2 Å². The van der Waals surface area contributed by atoms with Crippen molar-refractivity contribution < 1.29 is 9.53 Å². The highest BCUT2D eigenvalue weighted by atomic mass is 16.5. The van der Waals surface area contributed by atoms with Crippen LogP contribution in [0.2, 0.25) is 0 Å². The maximum Gasteiger partial charge on any atom is 0.337 e. The molecule has 0 spiro atoms. The Bertz CT molecular complexity index is 1360. The molecular weight excluding hydrogens is 362 g/mol. The molecule has 5 nitrogen and oxygen atoms in total. The lowest BCUT2D eigenvalue weighted by molar-refractivity contribution is 0.0601. The fourth-order valence-corrected chi connectivity index (χ4v) is 3.52. The maximum absolute atomic E-state index is 12.0. The molecule has 5 heteroatoms. The van der Waals surface area contributed by atoms with Crippen LogP contribution in [0.15, 0.2) is 85.1 Å². The molecule has 0 bridgehead atoms. The summed E-state index contributed by atoms with van der Waals surface area (Å²) in [5, 5.41) is 1.12. The van der Waals surface area contributed by atoms with E-state index >= 15 is 0 Å². The van der Waals surface area contributed by atoms with E-state index in [9.17, 15) is 4.79 Å². The number of para-hydroxylation sites is 1. The highest BCUT2D eigenvalue weighted by molar-refractivity contribution is 5.94. The highest BCUT2D eigenvalue weighted by Crippen LogP contribution is 2.29. The zero-order valence-corrected chi connectivity index (χ0v) is 15.7. The van der Waals surface area contributed by atoms with E-state index in [0.717, 1.165) is 27.7 Å². The summed E-state index contributed by atoms with van der Waals surface area (Å²) in [6.45, 7) is 0. The summed E-state index contributed by atoms with van der Waals surface area (Å²) in [5.41, 5.74) is 4.61. The molecule has 140 valence electrons. The summed E-state index contributed by atoms with van der Waals surface area (Å²) >= 11 is 0. The van der Waals surface area contributed by atoms with E-state index in [1.165, 1.54) is 7.11 Å². The van der Waals surface area contributed by atoms with Crippen LogP contribution in [0.4, 0.5) is 0 Å². The molecule has 3 aromatic carbocycles. The van der Waals surface area contributed by atoms with Crippen molar-refractivity contribution in [3.05, 3.63) is 90.6 Å². The monoisotopic (exact) mass is 379 g/mol. The number of methoxy groups -OCH3 is 1. The van der Waals surface area contributed by atoms with E-state index in [2.05, 4.69) is 18.2 Å². The van der Waals surface area contributed by atoms with Crippen LogP contribution < -0.4 is 0 Å². The van der Waals surface area contributed by atoms with Gasteiger partial charge in [0.05, 0.1) is 29.2 Å². The second-order valence-electron chi connectivity index (χ2n) is 6.70. The van der Waals surface area contributed by atoms with Gasteiger partial charge in [-0.2, -0.15) is 0 Å². The quantitative estimate of drug-likeness (QED) is 0.413. The Morgan fingerprint density at radius 2 is 1.66 bits per heavy atom. The number of hydrogen-bond donors (Lipinski definition) is 0. The van der Waals surface area contributed by atoms with Crippen LogP contribution in [0.5, 0.6) is 0 Å². The van der Waals surface area contributed by atoms with Gasteiger partial charge in [-0.05, 0) is 35.7 Å². The molecule has 2 aromatic heterocycles. The van der Waals surface area contributed by atoms with Crippen LogP contribution in [0, 0.1) is 0 Å². The van der Waals surface area contributed by atoms with Crippen molar-refractivity contribution >= 4 is 27.9 Å². The van der Waals surface area contributed by atoms with Gasteiger partial charge >= 0.3 is 5.97 Å². The van der Waals surface area contributed by atoms with Gasteiger partial charge in [0.1, 0.15) is 5.69 Å². The second kappa shape index (κ2) is 6.87. The molecule has 0 aliphatic rings. The minimum Gasteiger partial charge on any atom is -0.465 e. The summed E-state index contributed by atoms with van der Waals surface area (Å²) in [7, 11) is 1.37. The Balaban J connectivity index is 1.82. The van der Waals surface area contributed by atoms with Crippen molar-refractivity contribution in [2.24, 2.45) is 0 Å². The van der Waals surface area contributed by atoms with E-state index in [1.54, 1.807) is 18.2 Å². The smallest absolute Gasteiger partial charge is 0.337 e. The summed E-state index contributed by atoms with van der Waals surface area (Å²) in [5.74, 6) is 0.320. The molecule has 0 atom stereocenters. The molecule has 5 rings (SSSR count). The zero-order chi connectivity index (χ0) is 19.8. The van der Waals surface area contributed by atoms with Gasteiger partial charge in [-0.3, -0.25) is 4.57 Å². The fraction of sp³-hybridized carbons (Fsp3) is 0.0417. The molecular formula is C24H17N3O2. The number of esters is 1. The number of benzene rings is 3. The maximum atomic E-state index is 12.0. The van der Waals surface area contributed by atoms with Crippen molar-refractivity contribution in [1.82, 2.24) is 14.5 Å². The van der Waals surface area contributed by atoms with Gasteiger partial charge in [-0.1, -0.05) is 48.5 Å². The van der Waals surface area contributed by atoms with Crippen molar-refractivity contribution in [1.29, 1.82) is 0 Å². The van der Waals surface area contributed by atoms with Crippen LogP contribution >= 0.6 is 0 Å². The van der Waals surface area contributed by atoms with Crippen molar-refractivity contribution in [2.75, 3.05) is 7.11 Å². The lowest BCUT2D eigenvalue weighted by Gasteiger charge is -2.13. The van der Waals surface area contributed by atoms with Crippen molar-refractivity contribution in [3.63, 3.8) is 0 Å². The van der Waals surface area contributed by atoms with Gasteiger partial charge in [-0.25, -0.2) is 14.8 Å². The second-order valence-corrected chi connectivity index (χ2v) is 6.70. The van der Waals surface area contributed by atoms with E-state index < -0.39 is 5.97 Å². The molecule has 29 heavy (non-hydrogen) atoms. The molecule has 2 heterocycles. The van der Waals surface area contributed by atoms with Gasteiger partial charge in [0, 0.05) is 11.8 Å². The van der Waals surface area contributed by atoms with Gasteiger partial charge in [0.2, 0.25) is 0 Å². The molecule has 0 aliphatic heterocycles. The van der Waals surface area contributed by atoms with Crippen LogP contribution in [-0.2, 0) is 4.74 Å². The molecule has 0 saturated heterocycles. The molecule has 0 saturated carbocycles. The van der Waals surface area contributed by atoms with Crippen molar-refractivity contribution in [3.8, 4) is 17.1 Å². The minimum absolute atomic E-state index is 0.395. The third kappa shape index (κ3) is 2.93. The summed E-state index contributed by atoms with van der Waals surface area (Å²) < 4.78 is 6.88. The van der Waals surface area contributed by atoms with Crippen LogP contribution in [0.1, 0.15) is 10.4 Å². The standard InChI is InChI=1S/C24H17N3O2/c1-29-24(28)18-11-12-19-20(15-18)26-23(22(25-19)17-8-3-2-4-9-17)27-14-13-16-7-5-6-10-21(16)27/h2-15H,1H3. The first-order valence-corrected chi connectivity index (χ1v) is 9.26. The first kappa shape index (κ1) is 17.1. The predicted octanol–water partition coefficient (Wildman–Crippen LogP) is 5.03. The van der Waals surface area contributed by atoms with E-state index in [4.69, 9.17) is 14.7 Å². The number of carbonyl (C=O) groups excluding carboxylic acids is 1. The lowest BCUT2D eigenvalue weighted by atomic mass is 10.1. The number of hydrogen-bond acceptors (Lipinski definition) is 4. The van der Waals surface area contributed by atoms with Crippen LogP contribution in [-0.4, -0.2) is 27.6 Å². The molecule has 0 fully saturated rings. The highest BCUT2D eigenvalue weighted by Gasteiger charge is 2.16. The summed E-state index contributed by atoms with van der Waals surface area (Å²) in [4.78, 5) is 21.8. The van der Waals surface area contributed by atoms with Crippen molar-refractivity contribution in [2.45, 2.75) is 0 Å². The predicted molar refractivity (Wildman–Crippen MR) is 113 cm³/mol. The van der Waals surface area contributed by atoms with Crippen LogP contribution in [0.3, 0.4) is 0 Å². The average Bonchev–Trinajstić information content (AvgIpc) is 3.22. The Hall–Kier alpha value is -3.99. The Morgan fingerprint density at radius 3 is 2.48 bits per heavy atom.